The molecule has 0 bridgehead atoms. The molecule has 0 aromatic heterocycles. The van der Waals surface area contributed by atoms with E-state index in [4.69, 9.17) is 21.4 Å². The van der Waals surface area contributed by atoms with Crippen LogP contribution < -0.4 is 4.90 Å². The summed E-state index contributed by atoms with van der Waals surface area (Å²) in [5, 5.41) is 9.06. The first-order chi connectivity index (χ1) is 16.8. The Morgan fingerprint density at radius 2 is 1.86 bits per heavy atom. The molecule has 0 aliphatic carbocycles. The summed E-state index contributed by atoms with van der Waals surface area (Å²) in [6.45, 7) is 7.94. The quantitative estimate of drug-likeness (QED) is 0.346. The van der Waals surface area contributed by atoms with Gasteiger partial charge in [0.05, 0.1) is 17.8 Å². The fourth-order valence-corrected chi connectivity index (χ4v) is 4.24. The van der Waals surface area contributed by atoms with Crippen LogP contribution in [0.2, 0.25) is 5.02 Å². The van der Waals surface area contributed by atoms with Crippen LogP contribution in [0.1, 0.15) is 42.9 Å². The first-order valence-corrected chi connectivity index (χ1v) is 11.5. The fraction of sp³-hybridized carbons (Fsp3) is 0.280. The number of aliphatic imine (C=N–C) groups is 1. The first-order valence-electron chi connectivity index (χ1n) is 11.1. The number of halogens is 1. The van der Waals surface area contributed by atoms with Crippen LogP contribution in [0.25, 0.3) is 0 Å². The Labute approximate surface area is 207 Å². The molecule has 4 rings (SSSR count). The third kappa shape index (κ3) is 5.00. The molecular formula is C25H24ClN5O4. The summed E-state index contributed by atoms with van der Waals surface area (Å²) in [7, 11) is 0. The second-order valence-corrected chi connectivity index (χ2v) is 8.55. The molecule has 2 aromatic rings. The molecule has 0 N–H and O–H groups in total. The van der Waals surface area contributed by atoms with Gasteiger partial charge < -0.3 is 9.74 Å². The minimum absolute atomic E-state index is 0.0137. The van der Waals surface area contributed by atoms with E-state index in [1.807, 2.05) is 49.1 Å². The number of benzodiazepines with no additional fused rings is 1. The van der Waals surface area contributed by atoms with Gasteiger partial charge in [0.2, 0.25) is 0 Å². The number of likely N-dealkylation sites (N-methyl/N-ethyl adjacent to an activating group) is 1. The number of carbonyl (C=O) groups is 3. The minimum atomic E-state index is -0.820. The summed E-state index contributed by atoms with van der Waals surface area (Å²) < 4.78 is 0. The topological polar surface area (TPSA) is 104 Å². The van der Waals surface area contributed by atoms with Gasteiger partial charge in [-0.05, 0) is 38.1 Å². The highest BCUT2D eigenvalue weighted by molar-refractivity contribution is 6.31. The number of hydroxylamine groups is 2. The van der Waals surface area contributed by atoms with E-state index in [9.17, 15) is 14.4 Å². The number of amidine groups is 1. The molecule has 180 valence electrons. The van der Waals surface area contributed by atoms with E-state index in [1.54, 1.807) is 12.1 Å². The van der Waals surface area contributed by atoms with Gasteiger partial charge in [0.25, 0.3) is 11.8 Å². The zero-order chi connectivity index (χ0) is 25.1. The summed E-state index contributed by atoms with van der Waals surface area (Å²) in [4.78, 5) is 48.6. The number of fused-ring (bicyclic) bond motifs is 1. The third-order valence-electron chi connectivity index (χ3n) is 5.72. The van der Waals surface area contributed by atoms with Gasteiger partial charge in [-0.25, -0.2) is 4.79 Å². The van der Waals surface area contributed by atoms with Crippen molar-refractivity contribution >= 4 is 53.3 Å². The first kappa shape index (κ1) is 24.3. The highest BCUT2D eigenvalue weighted by Crippen LogP contribution is 2.31. The van der Waals surface area contributed by atoms with Crippen molar-refractivity contribution in [1.29, 1.82) is 0 Å². The van der Waals surface area contributed by atoms with Crippen molar-refractivity contribution in [1.82, 2.24) is 5.06 Å². The molecule has 1 fully saturated rings. The van der Waals surface area contributed by atoms with Gasteiger partial charge in [-0.2, -0.15) is 5.10 Å². The summed E-state index contributed by atoms with van der Waals surface area (Å²) >= 11 is 6.11. The lowest BCUT2D eigenvalue weighted by Gasteiger charge is -2.27. The smallest absolute Gasteiger partial charge is 0.330 e. The van der Waals surface area contributed by atoms with E-state index in [0.717, 1.165) is 22.4 Å². The lowest BCUT2D eigenvalue weighted by Crippen LogP contribution is -2.40. The molecule has 0 unspecified atom stereocenters. The van der Waals surface area contributed by atoms with Crippen LogP contribution >= 0.6 is 11.6 Å². The number of amides is 2. The highest BCUT2D eigenvalue weighted by atomic mass is 35.5. The van der Waals surface area contributed by atoms with Gasteiger partial charge in [0, 0.05) is 42.3 Å². The van der Waals surface area contributed by atoms with Crippen molar-refractivity contribution in [2.24, 2.45) is 15.2 Å². The molecule has 0 saturated carbocycles. The van der Waals surface area contributed by atoms with Crippen molar-refractivity contribution < 1.29 is 19.2 Å². The summed E-state index contributed by atoms with van der Waals surface area (Å²) in [5.74, 6) is -1.48. The standard InChI is InChI=1S/C25H24ClN5O4/c1-4-30-20-10-5-15(2)13-18(20)24(16-6-8-17(26)9-7-16)28-19(25(30)29-27-3)14-23(34)35-31-21(32)11-12-22(31)33/h5-10,13,19H,3-4,11-12,14H2,1-2H3/b29-25-/t19-/m0/s1. The van der Waals surface area contributed by atoms with Crippen LogP contribution in [0.3, 0.4) is 0 Å². The van der Waals surface area contributed by atoms with Crippen LogP contribution in [0.5, 0.6) is 0 Å². The maximum Gasteiger partial charge on any atom is 0.335 e. The molecule has 10 heteroatoms. The van der Waals surface area contributed by atoms with Crippen molar-refractivity contribution in [3.05, 3.63) is 64.2 Å². The number of rotatable bonds is 6. The molecule has 2 aromatic carbocycles. The number of imide groups is 1. The number of aryl methyl sites for hydroxylation is 1. The molecule has 0 spiro atoms. The van der Waals surface area contributed by atoms with Crippen LogP contribution in [0, 0.1) is 6.92 Å². The fourth-order valence-electron chi connectivity index (χ4n) is 4.12. The largest absolute Gasteiger partial charge is 0.335 e. The zero-order valence-corrected chi connectivity index (χ0v) is 20.2. The Bertz CT molecular complexity index is 1240. The normalized spacial score (nSPS) is 18.9. The predicted octanol–water partition coefficient (Wildman–Crippen LogP) is 3.71. The number of anilines is 1. The Morgan fingerprint density at radius 1 is 1.17 bits per heavy atom. The Balaban J connectivity index is 1.81. The van der Waals surface area contributed by atoms with Crippen molar-refractivity contribution in [2.75, 3.05) is 11.4 Å². The SMILES string of the molecule is C=N/N=C1/[C@H](CC(=O)ON2C(=O)CCC2=O)N=C(c2ccc(Cl)cc2)c2cc(C)ccc2N1CC. The van der Waals surface area contributed by atoms with Crippen molar-refractivity contribution in [3.63, 3.8) is 0 Å². The van der Waals surface area contributed by atoms with Crippen LogP contribution in [-0.2, 0) is 19.2 Å². The van der Waals surface area contributed by atoms with E-state index in [-0.39, 0.29) is 19.3 Å². The van der Waals surface area contributed by atoms with Gasteiger partial charge in [-0.3, -0.25) is 14.6 Å². The number of carbonyl (C=O) groups excluding carboxylic acids is 3. The Kier molecular flexibility index (Phi) is 7.07. The van der Waals surface area contributed by atoms with Gasteiger partial charge in [0.1, 0.15) is 6.04 Å². The van der Waals surface area contributed by atoms with E-state index >= 15 is 0 Å². The maximum atomic E-state index is 12.9. The Hall–Kier alpha value is -3.85. The lowest BCUT2D eigenvalue weighted by molar-refractivity contribution is -0.197. The number of benzene rings is 2. The van der Waals surface area contributed by atoms with E-state index < -0.39 is 23.8 Å². The summed E-state index contributed by atoms with van der Waals surface area (Å²) in [5.41, 5.74) is 4.17. The number of hydrogen-bond acceptors (Lipinski definition) is 7. The molecule has 35 heavy (non-hydrogen) atoms. The third-order valence-corrected chi connectivity index (χ3v) is 5.98. The average Bonchev–Trinajstić information content (AvgIpc) is 3.08. The van der Waals surface area contributed by atoms with Gasteiger partial charge in [0.15, 0.2) is 5.84 Å². The number of hydrogen-bond donors (Lipinski definition) is 0. The highest BCUT2D eigenvalue weighted by Gasteiger charge is 2.36. The van der Waals surface area contributed by atoms with Crippen LogP contribution in [-0.4, -0.2) is 53.7 Å². The maximum absolute atomic E-state index is 12.9. The Morgan fingerprint density at radius 3 is 2.49 bits per heavy atom. The lowest BCUT2D eigenvalue weighted by atomic mass is 9.98. The second kappa shape index (κ2) is 10.2. The van der Waals surface area contributed by atoms with Gasteiger partial charge in [-0.1, -0.05) is 35.4 Å². The van der Waals surface area contributed by atoms with Crippen LogP contribution in [0.15, 0.2) is 57.7 Å². The molecule has 2 aliphatic heterocycles. The minimum Gasteiger partial charge on any atom is -0.330 e. The van der Waals surface area contributed by atoms with E-state index in [0.29, 0.717) is 28.2 Å². The second-order valence-electron chi connectivity index (χ2n) is 8.11. The van der Waals surface area contributed by atoms with E-state index in [1.165, 1.54) is 0 Å². The molecule has 2 heterocycles. The molecular weight excluding hydrogens is 470 g/mol. The monoisotopic (exact) mass is 493 g/mol. The molecule has 1 atom stereocenters. The molecule has 0 radical (unpaired) electrons. The molecule has 1 saturated heterocycles. The summed E-state index contributed by atoms with van der Waals surface area (Å²) in [6, 6.07) is 12.4. The molecule has 2 amide bonds. The van der Waals surface area contributed by atoms with Crippen molar-refractivity contribution in [2.45, 2.75) is 39.2 Å². The predicted molar refractivity (Wildman–Crippen MR) is 134 cm³/mol. The molecule has 2 aliphatic rings. The number of nitrogens with zero attached hydrogens (tertiary/aromatic N) is 5. The zero-order valence-electron chi connectivity index (χ0n) is 19.4. The van der Waals surface area contributed by atoms with E-state index in [2.05, 4.69) is 16.9 Å². The van der Waals surface area contributed by atoms with Gasteiger partial charge >= 0.3 is 5.97 Å². The van der Waals surface area contributed by atoms with Crippen molar-refractivity contribution in [3.8, 4) is 0 Å². The molecule has 9 nitrogen and oxygen atoms in total. The summed E-state index contributed by atoms with van der Waals surface area (Å²) in [6.07, 6.45) is -0.245. The average molecular weight is 494 g/mol. The van der Waals surface area contributed by atoms with Gasteiger partial charge in [-0.15, -0.1) is 10.2 Å². The van der Waals surface area contributed by atoms with Crippen LogP contribution in [0.4, 0.5) is 5.69 Å².